The van der Waals surface area contributed by atoms with Crippen molar-refractivity contribution in [3.05, 3.63) is 18.2 Å². The van der Waals surface area contributed by atoms with E-state index in [1.807, 2.05) is 6.92 Å². The van der Waals surface area contributed by atoms with E-state index in [0.717, 1.165) is 12.2 Å². The van der Waals surface area contributed by atoms with E-state index >= 15 is 0 Å². The van der Waals surface area contributed by atoms with E-state index in [9.17, 15) is 0 Å². The Bertz CT molecular complexity index is 291. The molecule has 0 radical (unpaired) electrons. The summed E-state index contributed by atoms with van der Waals surface area (Å²) in [5.74, 6) is 0. The molecule has 4 nitrogen and oxygen atoms in total. The van der Waals surface area contributed by atoms with Crippen molar-refractivity contribution in [2.75, 3.05) is 17.6 Å². The van der Waals surface area contributed by atoms with Crippen LogP contribution >= 0.6 is 0 Å². The molecule has 0 aliphatic rings. The third kappa shape index (κ3) is 2.37. The number of nitrogens with two attached hydrogens (primary N) is 1. The van der Waals surface area contributed by atoms with Crippen LogP contribution in [0.2, 0.25) is 0 Å². The summed E-state index contributed by atoms with van der Waals surface area (Å²) in [5.41, 5.74) is 7.19. The predicted molar refractivity (Wildman–Crippen MR) is 54.8 cm³/mol. The first-order valence-electron chi connectivity index (χ1n) is 4.14. The lowest BCUT2D eigenvalue weighted by atomic mass is 9.79. The van der Waals surface area contributed by atoms with E-state index in [1.165, 1.54) is 0 Å². The Morgan fingerprint density at radius 1 is 1.46 bits per heavy atom. The fourth-order valence-electron chi connectivity index (χ4n) is 1.12. The molecule has 70 valence electrons. The zero-order valence-electron chi connectivity index (χ0n) is 7.49. The minimum absolute atomic E-state index is 0.335. The topological polar surface area (TPSA) is 78.5 Å². The summed E-state index contributed by atoms with van der Waals surface area (Å²) in [4.78, 5) is 0. The van der Waals surface area contributed by atoms with E-state index in [1.54, 1.807) is 18.2 Å². The molecule has 1 aromatic carbocycles. The molecule has 0 bridgehead atoms. The fourth-order valence-corrected chi connectivity index (χ4v) is 1.12. The minimum atomic E-state index is -1.50. The van der Waals surface area contributed by atoms with Gasteiger partial charge in [-0.3, -0.25) is 0 Å². The maximum atomic E-state index is 8.88. The summed E-state index contributed by atoms with van der Waals surface area (Å²) < 4.78 is 0. The van der Waals surface area contributed by atoms with Gasteiger partial charge in [0, 0.05) is 23.4 Å². The van der Waals surface area contributed by atoms with Crippen LogP contribution in [0.4, 0.5) is 11.4 Å². The number of nitrogen functional groups attached to an aromatic ring is 1. The first-order valence-corrected chi connectivity index (χ1v) is 4.14. The van der Waals surface area contributed by atoms with Gasteiger partial charge in [0.1, 0.15) is 0 Å². The minimum Gasteiger partial charge on any atom is -0.423 e. The van der Waals surface area contributed by atoms with Gasteiger partial charge in [-0.15, -0.1) is 0 Å². The molecule has 5 N–H and O–H groups in total. The SMILES string of the molecule is CCNc1ccc(B(O)O)c(N)c1. The molecule has 13 heavy (non-hydrogen) atoms. The van der Waals surface area contributed by atoms with Crippen LogP contribution < -0.4 is 16.5 Å². The van der Waals surface area contributed by atoms with Gasteiger partial charge >= 0.3 is 7.12 Å². The zero-order chi connectivity index (χ0) is 9.84. The van der Waals surface area contributed by atoms with Crippen molar-refractivity contribution in [2.24, 2.45) is 0 Å². The number of anilines is 2. The Labute approximate surface area is 77.5 Å². The van der Waals surface area contributed by atoms with E-state index < -0.39 is 7.12 Å². The third-order valence-electron chi connectivity index (χ3n) is 1.75. The number of benzene rings is 1. The lowest BCUT2D eigenvalue weighted by molar-refractivity contribution is 0.426. The van der Waals surface area contributed by atoms with E-state index in [-0.39, 0.29) is 0 Å². The van der Waals surface area contributed by atoms with Crippen LogP contribution in [0.5, 0.6) is 0 Å². The van der Waals surface area contributed by atoms with E-state index in [2.05, 4.69) is 5.32 Å². The predicted octanol–water partition coefficient (Wildman–Crippen LogP) is -0.620. The average Bonchev–Trinajstić information content (AvgIpc) is 2.04. The summed E-state index contributed by atoms with van der Waals surface area (Å²) >= 11 is 0. The Morgan fingerprint density at radius 2 is 2.15 bits per heavy atom. The molecule has 1 aromatic rings. The standard InChI is InChI=1S/C8H13BN2O2/c1-2-11-6-3-4-7(9(12)13)8(10)5-6/h3-5,11-13H,2,10H2,1H3. The van der Waals surface area contributed by atoms with Gasteiger partial charge in [-0.1, -0.05) is 6.07 Å². The van der Waals surface area contributed by atoms with Gasteiger partial charge in [0.05, 0.1) is 0 Å². The lowest BCUT2D eigenvalue weighted by Gasteiger charge is -2.07. The summed E-state index contributed by atoms with van der Waals surface area (Å²) in [7, 11) is -1.50. The molecule has 0 spiro atoms. The van der Waals surface area contributed by atoms with Crippen molar-refractivity contribution in [2.45, 2.75) is 6.92 Å². The molecule has 0 aliphatic heterocycles. The molecular weight excluding hydrogens is 167 g/mol. The Balaban J connectivity index is 2.92. The average molecular weight is 180 g/mol. The number of nitrogens with one attached hydrogen (secondary N) is 1. The van der Waals surface area contributed by atoms with Gasteiger partial charge in [-0.05, 0) is 19.1 Å². The van der Waals surface area contributed by atoms with Crippen LogP contribution in [0.3, 0.4) is 0 Å². The molecule has 0 unspecified atom stereocenters. The molecule has 0 heterocycles. The molecule has 0 fully saturated rings. The third-order valence-corrected chi connectivity index (χ3v) is 1.75. The summed E-state index contributed by atoms with van der Waals surface area (Å²) in [6.45, 7) is 2.78. The highest BCUT2D eigenvalue weighted by Gasteiger charge is 2.13. The first kappa shape index (κ1) is 9.89. The fraction of sp³-hybridized carbons (Fsp3) is 0.250. The second kappa shape index (κ2) is 4.16. The molecule has 0 aliphatic carbocycles. The van der Waals surface area contributed by atoms with Gasteiger partial charge in [0.25, 0.3) is 0 Å². The van der Waals surface area contributed by atoms with Crippen molar-refractivity contribution < 1.29 is 10.0 Å². The summed E-state index contributed by atoms with van der Waals surface area (Å²) in [6.07, 6.45) is 0. The van der Waals surface area contributed by atoms with E-state index in [4.69, 9.17) is 15.8 Å². The van der Waals surface area contributed by atoms with Crippen LogP contribution in [-0.4, -0.2) is 23.7 Å². The number of hydrogen-bond acceptors (Lipinski definition) is 4. The summed E-state index contributed by atoms with van der Waals surface area (Å²) in [6, 6.07) is 5.03. The molecule has 0 aromatic heterocycles. The number of hydrogen-bond donors (Lipinski definition) is 4. The molecule has 5 heteroatoms. The summed E-state index contributed by atoms with van der Waals surface area (Å²) in [5, 5.41) is 20.8. The van der Waals surface area contributed by atoms with Crippen LogP contribution in [0.25, 0.3) is 0 Å². The quantitative estimate of drug-likeness (QED) is 0.369. The van der Waals surface area contributed by atoms with Crippen LogP contribution in [0.15, 0.2) is 18.2 Å². The van der Waals surface area contributed by atoms with Crippen molar-refractivity contribution in [3.63, 3.8) is 0 Å². The van der Waals surface area contributed by atoms with E-state index in [0.29, 0.717) is 11.2 Å². The first-order chi connectivity index (χ1) is 6.15. The maximum Gasteiger partial charge on any atom is 0.490 e. The van der Waals surface area contributed by atoms with Crippen molar-refractivity contribution in [1.82, 2.24) is 0 Å². The Kier molecular flexibility index (Phi) is 3.16. The van der Waals surface area contributed by atoms with Crippen LogP contribution in [0, 0.1) is 0 Å². The van der Waals surface area contributed by atoms with Gasteiger partial charge in [0.2, 0.25) is 0 Å². The van der Waals surface area contributed by atoms with Gasteiger partial charge in [-0.25, -0.2) is 0 Å². The smallest absolute Gasteiger partial charge is 0.423 e. The molecule has 0 saturated heterocycles. The monoisotopic (exact) mass is 180 g/mol. The highest BCUT2D eigenvalue weighted by atomic mass is 16.4. The maximum absolute atomic E-state index is 8.88. The van der Waals surface area contributed by atoms with Gasteiger partial charge in [-0.2, -0.15) is 0 Å². The Hall–Kier alpha value is -1.20. The lowest BCUT2D eigenvalue weighted by Crippen LogP contribution is -2.32. The van der Waals surface area contributed by atoms with Crippen LogP contribution in [-0.2, 0) is 0 Å². The molecule has 0 atom stereocenters. The van der Waals surface area contributed by atoms with Crippen molar-refractivity contribution >= 4 is 24.0 Å². The molecule has 1 rings (SSSR count). The highest BCUT2D eigenvalue weighted by molar-refractivity contribution is 6.60. The van der Waals surface area contributed by atoms with Crippen molar-refractivity contribution in [3.8, 4) is 0 Å². The highest BCUT2D eigenvalue weighted by Crippen LogP contribution is 2.09. The second-order valence-electron chi connectivity index (χ2n) is 2.75. The van der Waals surface area contributed by atoms with Crippen LogP contribution in [0.1, 0.15) is 6.92 Å². The molecular formula is C8H13BN2O2. The molecule has 0 saturated carbocycles. The second-order valence-corrected chi connectivity index (χ2v) is 2.75. The number of rotatable bonds is 3. The van der Waals surface area contributed by atoms with Gasteiger partial charge in [0.15, 0.2) is 0 Å². The molecule has 0 amide bonds. The van der Waals surface area contributed by atoms with Crippen molar-refractivity contribution in [1.29, 1.82) is 0 Å². The zero-order valence-corrected chi connectivity index (χ0v) is 7.49. The Morgan fingerprint density at radius 3 is 2.62 bits per heavy atom. The normalized spacial score (nSPS) is 9.77. The van der Waals surface area contributed by atoms with Gasteiger partial charge < -0.3 is 21.1 Å². The largest absolute Gasteiger partial charge is 0.490 e.